The molecule has 9 nitrogen and oxygen atoms in total. The third-order valence-corrected chi connectivity index (χ3v) is 3.11. The van der Waals surface area contributed by atoms with E-state index < -0.39 is 36.9 Å². The summed E-state index contributed by atoms with van der Waals surface area (Å²) in [4.78, 5) is 47.0. The average Bonchev–Trinajstić information content (AvgIpc) is 2.36. The predicted octanol–water partition coefficient (Wildman–Crippen LogP) is -1.82. The smallest absolute Gasteiger partial charge is 0.323 e. The molecule has 0 aromatic rings. The molecule has 1 aliphatic heterocycles. The Kier molecular flexibility index (Phi) is 5.30. The molecule has 9 heteroatoms. The van der Waals surface area contributed by atoms with Crippen molar-refractivity contribution >= 4 is 23.8 Å². The Hall–Kier alpha value is -2.32. The van der Waals surface area contributed by atoms with E-state index in [2.05, 4.69) is 0 Å². The Bertz CT molecular complexity index is 401. The fourth-order valence-electron chi connectivity index (χ4n) is 2.10. The largest absolute Gasteiger partial charge is 0.480 e. The highest BCUT2D eigenvalue weighted by Gasteiger charge is 2.29. The standard InChI is InChI=1S/C11H18N4O5/c12-8(16)5-15(6-9(17)18)11(20)14-3-1-7(2-4-14)10(13)19/h7H,1-6H2,(H2,12,16)(H2,13,19)(H,17,18). The number of urea groups is 1. The fraction of sp³-hybridized carbons (Fsp3) is 0.636. The molecule has 1 saturated heterocycles. The average molecular weight is 286 g/mol. The Morgan fingerprint density at radius 1 is 1.10 bits per heavy atom. The molecule has 4 amide bonds. The molecular weight excluding hydrogens is 268 g/mol. The summed E-state index contributed by atoms with van der Waals surface area (Å²) in [5.41, 5.74) is 10.2. The van der Waals surface area contributed by atoms with E-state index in [4.69, 9.17) is 16.6 Å². The van der Waals surface area contributed by atoms with E-state index in [1.807, 2.05) is 0 Å². The Morgan fingerprint density at radius 2 is 1.65 bits per heavy atom. The Labute approximate surface area is 115 Å². The van der Waals surface area contributed by atoms with Crippen molar-refractivity contribution < 1.29 is 24.3 Å². The summed E-state index contributed by atoms with van der Waals surface area (Å²) in [5.74, 6) is -2.70. The molecule has 0 spiro atoms. The van der Waals surface area contributed by atoms with Gasteiger partial charge in [0.25, 0.3) is 0 Å². The van der Waals surface area contributed by atoms with Crippen LogP contribution in [0.25, 0.3) is 0 Å². The highest BCUT2D eigenvalue weighted by molar-refractivity contribution is 5.86. The summed E-state index contributed by atoms with van der Waals surface area (Å²) in [5, 5.41) is 8.73. The number of likely N-dealkylation sites (tertiary alicyclic amines) is 1. The number of amides is 4. The van der Waals surface area contributed by atoms with Crippen LogP contribution in [0, 0.1) is 5.92 Å². The monoisotopic (exact) mass is 286 g/mol. The zero-order valence-corrected chi connectivity index (χ0v) is 10.9. The van der Waals surface area contributed by atoms with Gasteiger partial charge in [-0.15, -0.1) is 0 Å². The number of carbonyl (C=O) groups excluding carboxylic acids is 3. The second kappa shape index (κ2) is 6.73. The van der Waals surface area contributed by atoms with Gasteiger partial charge in [-0.2, -0.15) is 0 Å². The Balaban J connectivity index is 2.63. The van der Waals surface area contributed by atoms with E-state index in [0.717, 1.165) is 4.90 Å². The van der Waals surface area contributed by atoms with E-state index in [1.54, 1.807) is 0 Å². The third-order valence-electron chi connectivity index (χ3n) is 3.11. The first-order valence-electron chi connectivity index (χ1n) is 6.14. The summed E-state index contributed by atoms with van der Waals surface area (Å²) in [7, 11) is 0. The summed E-state index contributed by atoms with van der Waals surface area (Å²) in [6, 6.07) is -0.575. The molecule has 1 fully saturated rings. The first kappa shape index (κ1) is 15.7. The van der Waals surface area contributed by atoms with Gasteiger partial charge >= 0.3 is 12.0 Å². The minimum Gasteiger partial charge on any atom is -0.480 e. The van der Waals surface area contributed by atoms with Crippen LogP contribution in [-0.2, 0) is 14.4 Å². The topological polar surface area (TPSA) is 147 Å². The van der Waals surface area contributed by atoms with Crippen LogP contribution in [0.5, 0.6) is 0 Å². The molecule has 1 aliphatic rings. The minimum absolute atomic E-state index is 0.275. The maximum absolute atomic E-state index is 12.1. The first-order chi connectivity index (χ1) is 9.31. The molecule has 0 aliphatic carbocycles. The van der Waals surface area contributed by atoms with Crippen LogP contribution in [0.3, 0.4) is 0 Å². The molecule has 0 atom stereocenters. The second-order valence-electron chi connectivity index (χ2n) is 4.66. The summed E-state index contributed by atoms with van der Waals surface area (Å²) < 4.78 is 0. The quantitative estimate of drug-likeness (QED) is 0.544. The van der Waals surface area contributed by atoms with Gasteiger partial charge in [-0.05, 0) is 12.8 Å². The highest BCUT2D eigenvalue weighted by Crippen LogP contribution is 2.17. The molecule has 0 radical (unpaired) electrons. The van der Waals surface area contributed by atoms with Gasteiger partial charge in [0.15, 0.2) is 0 Å². The third kappa shape index (κ3) is 4.41. The lowest BCUT2D eigenvalue weighted by Gasteiger charge is -2.34. The van der Waals surface area contributed by atoms with Gasteiger partial charge in [-0.1, -0.05) is 0 Å². The maximum atomic E-state index is 12.1. The van der Waals surface area contributed by atoms with Crippen LogP contribution in [0.15, 0.2) is 0 Å². The number of primary amides is 2. The van der Waals surface area contributed by atoms with Gasteiger partial charge in [0.2, 0.25) is 11.8 Å². The van der Waals surface area contributed by atoms with Crippen molar-refractivity contribution in [1.82, 2.24) is 9.80 Å². The normalized spacial score (nSPS) is 15.7. The molecule has 112 valence electrons. The number of carbonyl (C=O) groups is 4. The van der Waals surface area contributed by atoms with Gasteiger partial charge in [-0.25, -0.2) is 4.79 Å². The number of rotatable bonds is 5. The van der Waals surface area contributed by atoms with E-state index in [1.165, 1.54) is 4.90 Å². The van der Waals surface area contributed by atoms with Gasteiger partial charge in [0.05, 0.1) is 0 Å². The van der Waals surface area contributed by atoms with Crippen LogP contribution in [0.2, 0.25) is 0 Å². The minimum atomic E-state index is -1.23. The lowest BCUT2D eigenvalue weighted by atomic mass is 9.96. The van der Waals surface area contributed by atoms with Crippen molar-refractivity contribution in [2.45, 2.75) is 12.8 Å². The first-order valence-corrected chi connectivity index (χ1v) is 6.14. The molecule has 0 aromatic heterocycles. The van der Waals surface area contributed by atoms with Crippen molar-refractivity contribution in [2.75, 3.05) is 26.2 Å². The van der Waals surface area contributed by atoms with Crippen LogP contribution in [0.1, 0.15) is 12.8 Å². The fourth-order valence-corrected chi connectivity index (χ4v) is 2.10. The number of hydrogen-bond acceptors (Lipinski definition) is 4. The lowest BCUT2D eigenvalue weighted by Crippen LogP contribution is -2.51. The van der Waals surface area contributed by atoms with Crippen molar-refractivity contribution in [3.05, 3.63) is 0 Å². The van der Waals surface area contributed by atoms with Crippen LogP contribution in [0.4, 0.5) is 4.79 Å². The number of hydrogen-bond donors (Lipinski definition) is 3. The van der Waals surface area contributed by atoms with E-state index >= 15 is 0 Å². The number of nitrogens with two attached hydrogens (primary N) is 2. The number of carboxylic acid groups (broad SMARTS) is 1. The second-order valence-corrected chi connectivity index (χ2v) is 4.66. The number of aliphatic carboxylic acids is 1. The van der Waals surface area contributed by atoms with Gasteiger partial charge in [0.1, 0.15) is 13.1 Å². The van der Waals surface area contributed by atoms with Gasteiger partial charge < -0.3 is 26.4 Å². The Morgan fingerprint density at radius 3 is 2.05 bits per heavy atom. The lowest BCUT2D eigenvalue weighted by molar-refractivity contribution is -0.138. The molecule has 0 bridgehead atoms. The molecule has 1 rings (SSSR count). The SMILES string of the molecule is NC(=O)CN(CC(=O)O)C(=O)N1CCC(C(N)=O)CC1. The zero-order valence-electron chi connectivity index (χ0n) is 10.9. The molecule has 0 saturated carbocycles. The van der Waals surface area contributed by atoms with E-state index in [9.17, 15) is 19.2 Å². The van der Waals surface area contributed by atoms with Gasteiger partial charge in [-0.3, -0.25) is 14.4 Å². The predicted molar refractivity (Wildman–Crippen MR) is 67.3 cm³/mol. The van der Waals surface area contributed by atoms with Crippen molar-refractivity contribution in [2.24, 2.45) is 17.4 Å². The van der Waals surface area contributed by atoms with Crippen molar-refractivity contribution in [3.63, 3.8) is 0 Å². The molecule has 1 heterocycles. The number of carboxylic acids is 1. The highest BCUT2D eigenvalue weighted by atomic mass is 16.4. The molecule has 20 heavy (non-hydrogen) atoms. The summed E-state index contributed by atoms with van der Waals surface area (Å²) >= 11 is 0. The van der Waals surface area contributed by atoms with Crippen molar-refractivity contribution in [1.29, 1.82) is 0 Å². The number of piperidine rings is 1. The maximum Gasteiger partial charge on any atom is 0.323 e. The van der Waals surface area contributed by atoms with Gasteiger partial charge in [0, 0.05) is 19.0 Å². The summed E-state index contributed by atoms with van der Waals surface area (Å²) in [6.45, 7) is -0.471. The van der Waals surface area contributed by atoms with Crippen LogP contribution < -0.4 is 11.5 Å². The summed E-state index contributed by atoms with van der Waals surface area (Å²) in [6.07, 6.45) is 0.858. The van der Waals surface area contributed by atoms with Crippen LogP contribution >= 0.6 is 0 Å². The van der Waals surface area contributed by atoms with Crippen LogP contribution in [-0.4, -0.2) is 64.9 Å². The molecular formula is C11H18N4O5. The van der Waals surface area contributed by atoms with E-state index in [0.29, 0.717) is 25.9 Å². The molecule has 0 aromatic carbocycles. The zero-order chi connectivity index (χ0) is 15.3. The van der Waals surface area contributed by atoms with Crippen molar-refractivity contribution in [3.8, 4) is 0 Å². The van der Waals surface area contributed by atoms with E-state index in [-0.39, 0.29) is 5.92 Å². The molecule has 0 unspecified atom stereocenters. The molecule has 5 N–H and O–H groups in total. The number of nitrogens with zero attached hydrogens (tertiary/aromatic N) is 2.